The number of fused-ring (bicyclic) bond motifs is 7. The van der Waals surface area contributed by atoms with E-state index in [0.717, 1.165) is 66.7 Å². The smallest absolute Gasteiger partial charge is 0.136 e. The summed E-state index contributed by atoms with van der Waals surface area (Å²) in [6.07, 6.45) is 0. The van der Waals surface area contributed by atoms with Crippen LogP contribution in [-0.2, 0) is 0 Å². The second-order valence-corrected chi connectivity index (χ2v) is 14.1. The van der Waals surface area contributed by atoms with Gasteiger partial charge in [0.05, 0.1) is 22.4 Å². The molecule has 55 heavy (non-hydrogen) atoms. The number of nitrogens with zero attached hydrogens (tertiary/aromatic N) is 2. The average Bonchev–Trinajstić information content (AvgIpc) is 3.80. The van der Waals surface area contributed by atoms with Gasteiger partial charge in [0, 0.05) is 44.0 Å². The van der Waals surface area contributed by atoms with Crippen molar-refractivity contribution in [2.45, 2.75) is 0 Å². The Morgan fingerprint density at radius 2 is 1.04 bits per heavy atom. The van der Waals surface area contributed by atoms with Crippen LogP contribution in [-0.4, -0.2) is 4.57 Å². The molecule has 0 radical (unpaired) electrons. The first-order valence-electron chi connectivity index (χ1n) is 18.8. The fraction of sp³-hybridized carbons (Fsp3) is 0. The second-order valence-electron chi connectivity index (χ2n) is 14.1. The molecule has 0 unspecified atom stereocenters. The lowest BCUT2D eigenvalue weighted by Gasteiger charge is -2.29. The zero-order valence-electron chi connectivity index (χ0n) is 29.9. The van der Waals surface area contributed by atoms with E-state index in [-0.39, 0.29) is 0 Å². The molecule has 3 heteroatoms. The maximum absolute atomic E-state index is 6.46. The van der Waals surface area contributed by atoms with Crippen LogP contribution in [0.25, 0.3) is 82.5 Å². The van der Waals surface area contributed by atoms with E-state index in [0.29, 0.717) is 0 Å². The summed E-state index contributed by atoms with van der Waals surface area (Å²) in [6.45, 7) is 0. The summed E-state index contributed by atoms with van der Waals surface area (Å²) in [5.41, 5.74) is 13.2. The Morgan fingerprint density at radius 3 is 1.87 bits per heavy atom. The molecule has 0 aliphatic heterocycles. The van der Waals surface area contributed by atoms with E-state index in [1.165, 1.54) is 32.8 Å². The molecule has 258 valence electrons. The highest BCUT2D eigenvalue weighted by molar-refractivity contribution is 6.21. The van der Waals surface area contributed by atoms with Gasteiger partial charge in [-0.25, -0.2) is 0 Å². The highest BCUT2D eigenvalue weighted by Crippen LogP contribution is 2.48. The first-order chi connectivity index (χ1) is 27.3. The number of anilines is 3. The Kier molecular flexibility index (Phi) is 7.17. The number of furan rings is 1. The van der Waals surface area contributed by atoms with Crippen LogP contribution in [0.3, 0.4) is 0 Å². The van der Waals surface area contributed by atoms with Crippen LogP contribution in [0.4, 0.5) is 17.1 Å². The minimum absolute atomic E-state index is 0.900. The first-order valence-corrected chi connectivity index (χ1v) is 18.8. The van der Waals surface area contributed by atoms with Gasteiger partial charge in [0.2, 0.25) is 0 Å². The van der Waals surface area contributed by atoms with Crippen LogP contribution < -0.4 is 4.90 Å². The molecule has 2 heterocycles. The van der Waals surface area contributed by atoms with Crippen molar-refractivity contribution in [3.05, 3.63) is 206 Å². The van der Waals surface area contributed by atoms with Gasteiger partial charge in [-0.2, -0.15) is 0 Å². The zero-order chi connectivity index (χ0) is 36.3. The minimum Gasteiger partial charge on any atom is -0.456 e. The standard InChI is InChI=1S/C52H34N2O/c1-3-16-35(17-4-1)40-21-9-12-25-44(40)54(47-28-15-27-46-51(47)42-23-10-13-26-45(42)53(46)38-19-5-2-6-20-38)39-32-30-36(31-33-39)50-41-22-8-7-18-37(41)34-49-52(50)43-24-11-14-29-48(43)55-49/h1-34H. The summed E-state index contributed by atoms with van der Waals surface area (Å²) in [5.74, 6) is 0. The molecule has 0 amide bonds. The van der Waals surface area contributed by atoms with Gasteiger partial charge >= 0.3 is 0 Å². The maximum atomic E-state index is 6.46. The molecular weight excluding hydrogens is 669 g/mol. The molecule has 0 atom stereocenters. The average molecular weight is 703 g/mol. The summed E-state index contributed by atoms with van der Waals surface area (Å²) in [5, 5.41) is 7.05. The molecule has 0 aliphatic carbocycles. The van der Waals surface area contributed by atoms with Crippen LogP contribution in [0.5, 0.6) is 0 Å². The Bertz CT molecular complexity index is 3190. The molecule has 0 bridgehead atoms. The van der Waals surface area contributed by atoms with Crippen molar-refractivity contribution < 1.29 is 4.42 Å². The predicted octanol–water partition coefficient (Wildman–Crippen LogP) is 14.6. The largest absolute Gasteiger partial charge is 0.456 e. The van der Waals surface area contributed by atoms with Gasteiger partial charge in [-0.1, -0.05) is 146 Å². The van der Waals surface area contributed by atoms with Crippen molar-refractivity contribution in [1.82, 2.24) is 4.57 Å². The van der Waals surface area contributed by atoms with E-state index >= 15 is 0 Å². The molecule has 9 aromatic carbocycles. The minimum atomic E-state index is 0.900. The van der Waals surface area contributed by atoms with Crippen LogP contribution >= 0.6 is 0 Å². The maximum Gasteiger partial charge on any atom is 0.136 e. The second kappa shape index (κ2) is 12.6. The topological polar surface area (TPSA) is 21.3 Å². The summed E-state index contributed by atoms with van der Waals surface area (Å²) < 4.78 is 8.84. The summed E-state index contributed by atoms with van der Waals surface area (Å²) in [6, 6.07) is 73.9. The van der Waals surface area contributed by atoms with Crippen LogP contribution in [0.15, 0.2) is 211 Å². The van der Waals surface area contributed by atoms with Crippen molar-refractivity contribution >= 4 is 71.6 Å². The van der Waals surface area contributed by atoms with Crippen LogP contribution in [0, 0.1) is 0 Å². The lowest BCUT2D eigenvalue weighted by molar-refractivity contribution is 0.669. The molecule has 3 nitrogen and oxygen atoms in total. The van der Waals surface area contributed by atoms with E-state index in [4.69, 9.17) is 4.42 Å². The molecule has 0 saturated carbocycles. The third kappa shape index (κ3) is 4.98. The number of para-hydroxylation sites is 4. The van der Waals surface area contributed by atoms with Crippen molar-refractivity contribution in [3.8, 4) is 27.9 Å². The van der Waals surface area contributed by atoms with Crippen molar-refractivity contribution in [2.24, 2.45) is 0 Å². The Hall–Kier alpha value is -7.36. The Labute approximate surface area is 318 Å². The summed E-state index contributed by atoms with van der Waals surface area (Å²) in [4.78, 5) is 2.45. The monoisotopic (exact) mass is 702 g/mol. The fourth-order valence-corrected chi connectivity index (χ4v) is 8.61. The third-order valence-electron chi connectivity index (χ3n) is 11.0. The van der Waals surface area contributed by atoms with Crippen molar-refractivity contribution in [3.63, 3.8) is 0 Å². The first kappa shape index (κ1) is 31.2. The van der Waals surface area contributed by atoms with Crippen molar-refractivity contribution in [1.29, 1.82) is 0 Å². The predicted molar refractivity (Wildman–Crippen MR) is 231 cm³/mol. The Morgan fingerprint density at radius 1 is 0.400 bits per heavy atom. The highest BCUT2D eigenvalue weighted by atomic mass is 16.3. The molecule has 0 N–H and O–H groups in total. The van der Waals surface area contributed by atoms with E-state index in [2.05, 4.69) is 210 Å². The molecular formula is C52H34N2O. The number of hydrogen-bond donors (Lipinski definition) is 0. The third-order valence-corrected chi connectivity index (χ3v) is 11.0. The number of rotatable bonds is 6. The SMILES string of the molecule is c1ccc(-c2ccccc2N(c2ccc(-c3c4ccccc4cc4oc5ccccc5c34)cc2)c2cccc3c2c2ccccc2n3-c2ccccc2)cc1. The molecule has 0 saturated heterocycles. The lowest BCUT2D eigenvalue weighted by Crippen LogP contribution is -2.11. The molecule has 0 fully saturated rings. The molecule has 11 aromatic rings. The zero-order valence-corrected chi connectivity index (χ0v) is 29.9. The van der Waals surface area contributed by atoms with Gasteiger partial charge in [0.1, 0.15) is 11.2 Å². The Balaban J connectivity index is 1.18. The number of hydrogen-bond acceptors (Lipinski definition) is 2. The molecule has 0 spiro atoms. The molecule has 11 rings (SSSR count). The molecule has 0 aliphatic rings. The summed E-state index contributed by atoms with van der Waals surface area (Å²) in [7, 11) is 0. The van der Waals surface area contributed by atoms with Crippen LogP contribution in [0.1, 0.15) is 0 Å². The van der Waals surface area contributed by atoms with Gasteiger partial charge in [-0.15, -0.1) is 0 Å². The fourth-order valence-electron chi connectivity index (χ4n) is 8.61. The lowest BCUT2D eigenvalue weighted by atomic mass is 9.93. The quantitative estimate of drug-likeness (QED) is 0.172. The van der Waals surface area contributed by atoms with Gasteiger partial charge in [-0.05, 0) is 82.6 Å². The van der Waals surface area contributed by atoms with Gasteiger partial charge < -0.3 is 13.9 Å². The van der Waals surface area contributed by atoms with Crippen LogP contribution in [0.2, 0.25) is 0 Å². The normalized spacial score (nSPS) is 11.6. The van der Waals surface area contributed by atoms with E-state index < -0.39 is 0 Å². The number of benzene rings is 9. The van der Waals surface area contributed by atoms with Gasteiger partial charge in [0.25, 0.3) is 0 Å². The highest BCUT2D eigenvalue weighted by Gasteiger charge is 2.24. The molecule has 2 aromatic heterocycles. The number of aromatic nitrogens is 1. The van der Waals surface area contributed by atoms with E-state index in [1.54, 1.807) is 0 Å². The summed E-state index contributed by atoms with van der Waals surface area (Å²) >= 11 is 0. The van der Waals surface area contributed by atoms with Gasteiger partial charge in [-0.3, -0.25) is 0 Å². The van der Waals surface area contributed by atoms with Gasteiger partial charge in [0.15, 0.2) is 0 Å². The van der Waals surface area contributed by atoms with Crippen molar-refractivity contribution in [2.75, 3.05) is 4.90 Å². The van der Waals surface area contributed by atoms with E-state index in [1.807, 2.05) is 6.07 Å². The van der Waals surface area contributed by atoms with E-state index in [9.17, 15) is 0 Å².